The van der Waals surface area contributed by atoms with Crippen molar-refractivity contribution in [3.8, 4) is 5.69 Å². The number of carbonyl (C=O) groups excluding carboxylic acids is 1. The summed E-state index contributed by atoms with van der Waals surface area (Å²) < 4.78 is 1.56. The Bertz CT molecular complexity index is 599. The molecule has 2 aromatic rings. The summed E-state index contributed by atoms with van der Waals surface area (Å²) in [4.78, 5) is 14.4. The van der Waals surface area contributed by atoms with E-state index in [1.165, 1.54) is 6.33 Å². The Hall–Kier alpha value is -2.28. The predicted molar refractivity (Wildman–Crippen MR) is 77.1 cm³/mol. The first-order valence-electron chi connectivity index (χ1n) is 7.02. The first kappa shape index (κ1) is 13.7. The topological polar surface area (TPSA) is 75.9 Å². The van der Waals surface area contributed by atoms with Crippen LogP contribution in [0.2, 0.25) is 0 Å². The second-order valence-electron chi connectivity index (χ2n) is 5.48. The van der Waals surface area contributed by atoms with Crippen LogP contribution in [0.15, 0.2) is 30.6 Å². The van der Waals surface area contributed by atoms with Crippen molar-refractivity contribution >= 4 is 5.91 Å². The molecule has 3 rings (SSSR count). The van der Waals surface area contributed by atoms with E-state index >= 15 is 0 Å². The maximum atomic E-state index is 12.5. The minimum absolute atomic E-state index is 0.0680. The molecular weight excluding hydrogens is 268 g/mol. The van der Waals surface area contributed by atoms with Crippen LogP contribution < -0.4 is 5.32 Å². The normalized spacial score (nSPS) is 22.3. The maximum Gasteiger partial charge on any atom is 0.253 e. The summed E-state index contributed by atoms with van der Waals surface area (Å²) in [5.74, 6) is 0.0680. The van der Waals surface area contributed by atoms with Gasteiger partial charge in [-0.3, -0.25) is 4.79 Å². The zero-order chi connectivity index (χ0) is 14.8. The molecular formula is C14H18N6O. The number of rotatable bonds is 2. The van der Waals surface area contributed by atoms with Crippen LogP contribution in [-0.2, 0) is 0 Å². The van der Waals surface area contributed by atoms with E-state index in [0.717, 1.165) is 18.8 Å². The number of nitrogens with one attached hydrogen (secondary N) is 1. The lowest BCUT2D eigenvalue weighted by Crippen LogP contribution is -2.55. The van der Waals surface area contributed by atoms with E-state index in [4.69, 9.17) is 0 Å². The van der Waals surface area contributed by atoms with Crippen LogP contribution in [0.4, 0.5) is 0 Å². The van der Waals surface area contributed by atoms with E-state index < -0.39 is 0 Å². The number of amides is 1. The fourth-order valence-corrected chi connectivity index (χ4v) is 2.71. The van der Waals surface area contributed by atoms with Crippen molar-refractivity contribution in [1.82, 2.24) is 30.4 Å². The van der Waals surface area contributed by atoms with Crippen LogP contribution in [0.5, 0.6) is 0 Å². The molecule has 110 valence electrons. The second-order valence-corrected chi connectivity index (χ2v) is 5.48. The van der Waals surface area contributed by atoms with Gasteiger partial charge in [0, 0.05) is 30.7 Å². The molecule has 1 aliphatic rings. The Balaban J connectivity index is 1.76. The lowest BCUT2D eigenvalue weighted by molar-refractivity contribution is 0.0674. The number of benzene rings is 1. The third kappa shape index (κ3) is 2.92. The Labute approximate surface area is 122 Å². The lowest BCUT2D eigenvalue weighted by atomic mass is 10.1. The van der Waals surface area contributed by atoms with Crippen molar-refractivity contribution in [1.29, 1.82) is 0 Å². The minimum atomic E-state index is 0.0680. The Morgan fingerprint density at radius 2 is 1.86 bits per heavy atom. The average Bonchev–Trinajstić information content (AvgIpc) is 3.00. The van der Waals surface area contributed by atoms with E-state index in [-0.39, 0.29) is 5.91 Å². The molecule has 1 amide bonds. The number of carbonyl (C=O) groups is 1. The van der Waals surface area contributed by atoms with Gasteiger partial charge >= 0.3 is 0 Å². The van der Waals surface area contributed by atoms with Gasteiger partial charge < -0.3 is 10.2 Å². The molecule has 1 aromatic heterocycles. The summed E-state index contributed by atoms with van der Waals surface area (Å²) >= 11 is 0. The molecule has 21 heavy (non-hydrogen) atoms. The smallest absolute Gasteiger partial charge is 0.253 e. The van der Waals surface area contributed by atoms with Crippen molar-refractivity contribution < 1.29 is 4.79 Å². The first-order chi connectivity index (χ1) is 10.1. The van der Waals surface area contributed by atoms with Gasteiger partial charge in [0.15, 0.2) is 0 Å². The molecule has 1 aromatic carbocycles. The van der Waals surface area contributed by atoms with Crippen molar-refractivity contribution in [3.63, 3.8) is 0 Å². The highest BCUT2D eigenvalue weighted by atomic mass is 16.2. The number of piperazine rings is 1. The van der Waals surface area contributed by atoms with Crippen molar-refractivity contribution in [2.75, 3.05) is 13.1 Å². The zero-order valence-corrected chi connectivity index (χ0v) is 12.1. The van der Waals surface area contributed by atoms with Gasteiger partial charge in [-0.25, -0.2) is 4.68 Å². The van der Waals surface area contributed by atoms with Crippen LogP contribution >= 0.6 is 0 Å². The van der Waals surface area contributed by atoms with E-state index in [1.54, 1.807) is 4.68 Å². The van der Waals surface area contributed by atoms with Gasteiger partial charge in [0.1, 0.15) is 6.33 Å². The highest BCUT2D eigenvalue weighted by Gasteiger charge is 2.25. The molecule has 2 heterocycles. The molecule has 0 radical (unpaired) electrons. The van der Waals surface area contributed by atoms with E-state index in [9.17, 15) is 4.79 Å². The van der Waals surface area contributed by atoms with Crippen LogP contribution in [0.1, 0.15) is 24.2 Å². The van der Waals surface area contributed by atoms with E-state index in [1.807, 2.05) is 29.2 Å². The maximum absolute atomic E-state index is 12.5. The summed E-state index contributed by atoms with van der Waals surface area (Å²) in [6.07, 6.45) is 1.52. The van der Waals surface area contributed by atoms with Gasteiger partial charge in [-0.05, 0) is 48.5 Å². The SMILES string of the molecule is CC1CN(C(=O)c2ccc(-n3cnnn3)cc2)CC(C)N1. The van der Waals surface area contributed by atoms with Crippen LogP contribution in [0.3, 0.4) is 0 Å². The molecule has 1 fully saturated rings. The van der Waals surface area contributed by atoms with Crippen LogP contribution in [-0.4, -0.2) is 56.2 Å². The molecule has 1 saturated heterocycles. The van der Waals surface area contributed by atoms with Crippen LogP contribution in [0.25, 0.3) is 5.69 Å². The van der Waals surface area contributed by atoms with Gasteiger partial charge in [-0.1, -0.05) is 0 Å². The molecule has 0 bridgehead atoms. The zero-order valence-electron chi connectivity index (χ0n) is 12.1. The molecule has 1 N–H and O–H groups in total. The molecule has 2 unspecified atom stereocenters. The summed E-state index contributed by atoms with van der Waals surface area (Å²) in [5.41, 5.74) is 1.52. The average molecular weight is 286 g/mol. The van der Waals surface area contributed by atoms with Gasteiger partial charge in [0.2, 0.25) is 0 Å². The quantitative estimate of drug-likeness (QED) is 0.869. The fourth-order valence-electron chi connectivity index (χ4n) is 2.71. The lowest BCUT2D eigenvalue weighted by Gasteiger charge is -2.36. The third-order valence-corrected chi connectivity index (χ3v) is 3.57. The molecule has 7 nitrogen and oxygen atoms in total. The first-order valence-corrected chi connectivity index (χ1v) is 7.02. The summed E-state index contributed by atoms with van der Waals surface area (Å²) in [5, 5.41) is 14.4. The number of nitrogens with zero attached hydrogens (tertiary/aromatic N) is 5. The molecule has 1 aliphatic heterocycles. The number of tetrazole rings is 1. The van der Waals surface area contributed by atoms with Crippen molar-refractivity contribution in [3.05, 3.63) is 36.2 Å². The highest BCUT2D eigenvalue weighted by Crippen LogP contribution is 2.13. The fraction of sp³-hybridized carbons (Fsp3) is 0.429. The summed E-state index contributed by atoms with van der Waals surface area (Å²) in [6.45, 7) is 5.66. The standard InChI is InChI=1S/C14H18N6O/c1-10-7-19(8-11(2)16-10)14(21)12-3-5-13(6-4-12)20-9-15-17-18-20/h3-6,9-11,16H,7-8H2,1-2H3. The number of aromatic nitrogens is 4. The molecule has 2 atom stereocenters. The highest BCUT2D eigenvalue weighted by molar-refractivity contribution is 5.94. The Morgan fingerprint density at radius 3 is 2.43 bits per heavy atom. The van der Waals surface area contributed by atoms with Gasteiger partial charge in [-0.15, -0.1) is 5.10 Å². The third-order valence-electron chi connectivity index (χ3n) is 3.57. The number of hydrogen-bond donors (Lipinski definition) is 1. The monoisotopic (exact) mass is 286 g/mol. The summed E-state index contributed by atoms with van der Waals surface area (Å²) in [7, 11) is 0. The Kier molecular flexibility index (Phi) is 3.66. The Morgan fingerprint density at radius 1 is 1.19 bits per heavy atom. The largest absolute Gasteiger partial charge is 0.336 e. The summed E-state index contributed by atoms with van der Waals surface area (Å²) in [6, 6.07) is 7.96. The number of hydrogen-bond acceptors (Lipinski definition) is 5. The minimum Gasteiger partial charge on any atom is -0.336 e. The molecule has 0 aliphatic carbocycles. The molecule has 0 saturated carbocycles. The molecule has 7 heteroatoms. The van der Waals surface area contributed by atoms with Gasteiger partial charge in [0.25, 0.3) is 5.91 Å². The second kappa shape index (κ2) is 5.61. The molecule has 0 spiro atoms. The van der Waals surface area contributed by atoms with Gasteiger partial charge in [-0.2, -0.15) is 0 Å². The predicted octanol–water partition coefficient (Wildman–Crippen LogP) is 0.485. The van der Waals surface area contributed by atoms with Crippen LogP contribution in [0, 0.1) is 0 Å². The van der Waals surface area contributed by atoms with Crippen molar-refractivity contribution in [2.24, 2.45) is 0 Å². The van der Waals surface area contributed by atoms with E-state index in [2.05, 4.69) is 34.7 Å². The van der Waals surface area contributed by atoms with E-state index in [0.29, 0.717) is 17.6 Å². The van der Waals surface area contributed by atoms with Crippen molar-refractivity contribution in [2.45, 2.75) is 25.9 Å². The van der Waals surface area contributed by atoms with Gasteiger partial charge in [0.05, 0.1) is 5.69 Å².